The van der Waals surface area contributed by atoms with Crippen molar-refractivity contribution < 1.29 is 0 Å². The van der Waals surface area contributed by atoms with E-state index in [0.717, 1.165) is 29.1 Å². The maximum atomic E-state index is 2.53. The largest absolute Gasteiger partial charge is 0.0625 e. The van der Waals surface area contributed by atoms with Gasteiger partial charge in [-0.05, 0) is 48.3 Å². The third-order valence-corrected chi connectivity index (χ3v) is 5.80. The molecule has 15 heavy (non-hydrogen) atoms. The Bertz CT molecular complexity index is 206. The van der Waals surface area contributed by atoms with Gasteiger partial charge in [0, 0.05) is 0 Å². The van der Waals surface area contributed by atoms with Crippen LogP contribution in [-0.2, 0) is 0 Å². The standard InChI is InChI=1S/C15H28/c1-11(2)14-8-9-15(10-14)12(3)6-5-7-13(15)4/h11-14H,5-10H2,1-4H3. The van der Waals surface area contributed by atoms with E-state index >= 15 is 0 Å². The summed E-state index contributed by atoms with van der Waals surface area (Å²) in [6.45, 7) is 9.89. The second-order valence-electron chi connectivity index (χ2n) is 6.71. The lowest BCUT2D eigenvalue weighted by Crippen LogP contribution is -2.37. The minimum Gasteiger partial charge on any atom is -0.0625 e. The van der Waals surface area contributed by atoms with Crippen molar-refractivity contribution >= 4 is 0 Å². The molecule has 1 spiro atoms. The lowest BCUT2D eigenvalue weighted by Gasteiger charge is -2.45. The SMILES string of the molecule is CC(C)C1CCC2(C1)C(C)CCCC2C. The van der Waals surface area contributed by atoms with Crippen LogP contribution in [0.3, 0.4) is 0 Å². The predicted octanol–water partition coefficient (Wildman–Crippen LogP) is 4.89. The molecule has 2 rings (SSSR count). The van der Waals surface area contributed by atoms with E-state index in [4.69, 9.17) is 0 Å². The second-order valence-corrected chi connectivity index (χ2v) is 6.71. The van der Waals surface area contributed by atoms with Gasteiger partial charge in [-0.15, -0.1) is 0 Å². The molecule has 3 unspecified atom stereocenters. The van der Waals surface area contributed by atoms with Gasteiger partial charge in [-0.3, -0.25) is 0 Å². The normalized spacial score (nSPS) is 46.6. The Hall–Kier alpha value is 0. The molecule has 2 fully saturated rings. The van der Waals surface area contributed by atoms with Crippen LogP contribution in [0.5, 0.6) is 0 Å². The maximum absolute atomic E-state index is 2.53. The van der Waals surface area contributed by atoms with Crippen molar-refractivity contribution in [2.45, 2.75) is 66.2 Å². The van der Waals surface area contributed by atoms with Crippen molar-refractivity contribution in [2.75, 3.05) is 0 Å². The molecule has 0 heterocycles. The molecule has 2 aliphatic rings. The Balaban J connectivity index is 2.12. The van der Waals surface area contributed by atoms with Crippen LogP contribution in [0, 0.1) is 29.1 Å². The summed E-state index contributed by atoms with van der Waals surface area (Å²) < 4.78 is 0. The van der Waals surface area contributed by atoms with Crippen molar-refractivity contribution in [1.29, 1.82) is 0 Å². The van der Waals surface area contributed by atoms with Gasteiger partial charge in [0.2, 0.25) is 0 Å². The van der Waals surface area contributed by atoms with Crippen molar-refractivity contribution in [3.63, 3.8) is 0 Å². The first kappa shape index (κ1) is 11.5. The quantitative estimate of drug-likeness (QED) is 0.576. The number of rotatable bonds is 1. The van der Waals surface area contributed by atoms with Crippen LogP contribution in [0.25, 0.3) is 0 Å². The van der Waals surface area contributed by atoms with Gasteiger partial charge in [0.15, 0.2) is 0 Å². The molecule has 88 valence electrons. The van der Waals surface area contributed by atoms with Crippen molar-refractivity contribution in [3.8, 4) is 0 Å². The number of hydrogen-bond acceptors (Lipinski definition) is 0. The van der Waals surface area contributed by atoms with E-state index in [1.54, 1.807) is 0 Å². The van der Waals surface area contributed by atoms with Crippen molar-refractivity contribution in [2.24, 2.45) is 29.1 Å². The summed E-state index contributed by atoms with van der Waals surface area (Å²) in [6.07, 6.45) is 9.04. The Morgan fingerprint density at radius 1 is 1.00 bits per heavy atom. The van der Waals surface area contributed by atoms with Gasteiger partial charge in [0.05, 0.1) is 0 Å². The summed E-state index contributed by atoms with van der Waals surface area (Å²) >= 11 is 0. The van der Waals surface area contributed by atoms with Gasteiger partial charge in [-0.1, -0.05) is 47.0 Å². The van der Waals surface area contributed by atoms with Crippen LogP contribution >= 0.6 is 0 Å². The zero-order chi connectivity index (χ0) is 11.1. The van der Waals surface area contributed by atoms with Gasteiger partial charge in [-0.2, -0.15) is 0 Å². The Morgan fingerprint density at radius 3 is 2.07 bits per heavy atom. The molecule has 0 heteroatoms. The summed E-state index contributed by atoms with van der Waals surface area (Å²) in [6, 6.07) is 0. The minimum atomic E-state index is 0.743. The molecule has 2 aliphatic carbocycles. The maximum Gasteiger partial charge on any atom is -0.0243 e. The van der Waals surface area contributed by atoms with E-state index in [9.17, 15) is 0 Å². The summed E-state index contributed by atoms with van der Waals surface area (Å²) in [4.78, 5) is 0. The first-order chi connectivity index (χ1) is 7.06. The molecule has 2 saturated carbocycles. The first-order valence-electron chi connectivity index (χ1n) is 7.06. The van der Waals surface area contributed by atoms with E-state index < -0.39 is 0 Å². The predicted molar refractivity (Wildman–Crippen MR) is 66.8 cm³/mol. The van der Waals surface area contributed by atoms with Crippen LogP contribution < -0.4 is 0 Å². The molecule has 0 aromatic carbocycles. The first-order valence-corrected chi connectivity index (χ1v) is 7.06. The average Bonchev–Trinajstić information content (AvgIpc) is 2.61. The molecule has 3 atom stereocenters. The molecule has 0 aromatic rings. The topological polar surface area (TPSA) is 0 Å². The zero-order valence-electron chi connectivity index (χ0n) is 11.1. The molecule has 0 aromatic heterocycles. The fourth-order valence-corrected chi connectivity index (χ4v) is 4.40. The molecule has 0 radical (unpaired) electrons. The summed E-state index contributed by atoms with van der Waals surface area (Å²) in [7, 11) is 0. The average molecular weight is 208 g/mol. The highest BCUT2D eigenvalue weighted by Crippen LogP contribution is 2.58. The van der Waals surface area contributed by atoms with Gasteiger partial charge in [0.25, 0.3) is 0 Å². The lowest BCUT2D eigenvalue weighted by molar-refractivity contribution is 0.0423. The summed E-state index contributed by atoms with van der Waals surface area (Å²) in [5.74, 6) is 3.91. The minimum absolute atomic E-state index is 0.743. The summed E-state index contributed by atoms with van der Waals surface area (Å²) in [5.41, 5.74) is 0.743. The third-order valence-electron chi connectivity index (χ3n) is 5.80. The van der Waals surface area contributed by atoms with Crippen LogP contribution in [-0.4, -0.2) is 0 Å². The van der Waals surface area contributed by atoms with Gasteiger partial charge in [0.1, 0.15) is 0 Å². The molecule has 0 aliphatic heterocycles. The van der Waals surface area contributed by atoms with Crippen molar-refractivity contribution in [1.82, 2.24) is 0 Å². The highest BCUT2D eigenvalue weighted by Gasteiger charge is 2.48. The van der Waals surface area contributed by atoms with E-state index in [0.29, 0.717) is 0 Å². The van der Waals surface area contributed by atoms with Crippen LogP contribution in [0.1, 0.15) is 66.2 Å². The summed E-state index contributed by atoms with van der Waals surface area (Å²) in [5, 5.41) is 0. The van der Waals surface area contributed by atoms with E-state index in [1.165, 1.54) is 38.5 Å². The van der Waals surface area contributed by atoms with Crippen LogP contribution in [0.15, 0.2) is 0 Å². The second kappa shape index (κ2) is 4.11. The molecule has 0 N–H and O–H groups in total. The molecule has 0 bridgehead atoms. The molecule has 0 amide bonds. The lowest BCUT2D eigenvalue weighted by atomic mass is 9.60. The van der Waals surface area contributed by atoms with Gasteiger partial charge < -0.3 is 0 Å². The van der Waals surface area contributed by atoms with E-state index in [1.807, 2.05) is 0 Å². The number of hydrogen-bond donors (Lipinski definition) is 0. The molecule has 0 saturated heterocycles. The van der Waals surface area contributed by atoms with Gasteiger partial charge in [-0.25, -0.2) is 0 Å². The van der Waals surface area contributed by atoms with Crippen molar-refractivity contribution in [3.05, 3.63) is 0 Å². The highest BCUT2D eigenvalue weighted by atomic mass is 14.5. The smallest absolute Gasteiger partial charge is 0.0243 e. The molecular weight excluding hydrogens is 180 g/mol. The third kappa shape index (κ3) is 1.85. The highest BCUT2D eigenvalue weighted by molar-refractivity contribution is 4.98. The van der Waals surface area contributed by atoms with Gasteiger partial charge >= 0.3 is 0 Å². The fraction of sp³-hybridized carbons (Fsp3) is 1.00. The van der Waals surface area contributed by atoms with E-state index in [-0.39, 0.29) is 0 Å². The fourth-order valence-electron chi connectivity index (χ4n) is 4.40. The van der Waals surface area contributed by atoms with Crippen LogP contribution in [0.2, 0.25) is 0 Å². The van der Waals surface area contributed by atoms with Crippen LogP contribution in [0.4, 0.5) is 0 Å². The Kier molecular flexibility index (Phi) is 3.14. The Labute approximate surface area is 95.8 Å². The Morgan fingerprint density at radius 2 is 1.60 bits per heavy atom. The monoisotopic (exact) mass is 208 g/mol. The van der Waals surface area contributed by atoms with E-state index in [2.05, 4.69) is 27.7 Å². The molecular formula is C15H28. The molecule has 0 nitrogen and oxygen atoms in total. The zero-order valence-corrected chi connectivity index (χ0v) is 11.1.